The Hall–Kier alpha value is -1.07. The number of hydrogen-bond acceptors (Lipinski definition) is 1. The third-order valence-electron chi connectivity index (χ3n) is 4.58. The number of rotatable bonds is 1. The number of benzene rings is 1. The van der Waals surface area contributed by atoms with E-state index in [9.17, 15) is 13.6 Å². The molecular formula is C14H13Cl2F2NO2. The number of fused-ring (bicyclic) bond motifs is 1. The smallest absolute Gasteiger partial charge is 0.407 e. The molecule has 1 aromatic carbocycles. The molecule has 114 valence electrons. The molecular weight excluding hydrogens is 323 g/mol. The highest BCUT2D eigenvalue weighted by Gasteiger charge is 2.61. The van der Waals surface area contributed by atoms with E-state index in [1.165, 1.54) is 4.90 Å². The lowest BCUT2D eigenvalue weighted by atomic mass is 9.74. The van der Waals surface area contributed by atoms with Crippen molar-refractivity contribution in [3.63, 3.8) is 0 Å². The van der Waals surface area contributed by atoms with E-state index in [-0.39, 0.29) is 25.9 Å². The zero-order chi connectivity index (χ0) is 15.4. The lowest BCUT2D eigenvalue weighted by molar-refractivity contribution is -0.00428. The quantitative estimate of drug-likeness (QED) is 0.832. The minimum Gasteiger partial charge on any atom is -0.465 e. The molecule has 21 heavy (non-hydrogen) atoms. The van der Waals surface area contributed by atoms with E-state index in [0.29, 0.717) is 15.6 Å². The summed E-state index contributed by atoms with van der Waals surface area (Å²) in [6.45, 7) is 0.200. The average Bonchev–Trinajstić information content (AvgIpc) is 2.82. The molecule has 1 saturated carbocycles. The van der Waals surface area contributed by atoms with Gasteiger partial charge < -0.3 is 10.0 Å². The molecule has 0 radical (unpaired) electrons. The minimum atomic E-state index is -2.78. The van der Waals surface area contributed by atoms with E-state index >= 15 is 0 Å². The number of halogens is 4. The van der Waals surface area contributed by atoms with E-state index in [1.54, 1.807) is 18.2 Å². The molecule has 1 saturated heterocycles. The van der Waals surface area contributed by atoms with Crippen LogP contribution in [0.15, 0.2) is 18.2 Å². The Morgan fingerprint density at radius 2 is 2.05 bits per heavy atom. The highest BCUT2D eigenvalue weighted by Crippen LogP contribution is 2.56. The second-order valence-electron chi connectivity index (χ2n) is 5.88. The van der Waals surface area contributed by atoms with Crippen LogP contribution in [0.1, 0.15) is 18.4 Å². The molecule has 1 N–H and O–H groups in total. The maximum absolute atomic E-state index is 13.9. The van der Waals surface area contributed by atoms with Crippen molar-refractivity contribution in [1.29, 1.82) is 0 Å². The number of amides is 1. The first kappa shape index (κ1) is 14.9. The highest BCUT2D eigenvalue weighted by molar-refractivity contribution is 6.42. The first-order chi connectivity index (χ1) is 9.73. The monoisotopic (exact) mass is 335 g/mol. The van der Waals surface area contributed by atoms with Gasteiger partial charge in [0.2, 0.25) is 5.92 Å². The molecule has 3 nitrogen and oxygen atoms in total. The number of alkyl halides is 2. The Morgan fingerprint density at radius 3 is 2.67 bits per heavy atom. The van der Waals surface area contributed by atoms with Crippen LogP contribution in [0.2, 0.25) is 10.0 Å². The van der Waals surface area contributed by atoms with Crippen LogP contribution in [-0.4, -0.2) is 35.1 Å². The van der Waals surface area contributed by atoms with E-state index in [1.807, 2.05) is 0 Å². The van der Waals surface area contributed by atoms with Crippen molar-refractivity contribution in [2.24, 2.45) is 5.92 Å². The van der Waals surface area contributed by atoms with Crippen LogP contribution in [0, 0.1) is 5.92 Å². The number of carboxylic acid groups (broad SMARTS) is 1. The number of carbonyl (C=O) groups is 1. The van der Waals surface area contributed by atoms with Crippen LogP contribution in [0.4, 0.5) is 13.6 Å². The minimum absolute atomic E-state index is 0.0700. The molecule has 2 aliphatic rings. The molecule has 7 heteroatoms. The lowest BCUT2D eigenvalue weighted by Gasteiger charge is -2.29. The van der Waals surface area contributed by atoms with Crippen LogP contribution >= 0.6 is 23.2 Å². The van der Waals surface area contributed by atoms with Crippen molar-refractivity contribution >= 4 is 29.3 Å². The number of hydrogen-bond donors (Lipinski definition) is 1. The van der Waals surface area contributed by atoms with Gasteiger partial charge in [0, 0.05) is 31.3 Å². The van der Waals surface area contributed by atoms with Gasteiger partial charge in [0.1, 0.15) is 0 Å². The van der Waals surface area contributed by atoms with Crippen molar-refractivity contribution in [2.45, 2.75) is 24.2 Å². The molecule has 1 aromatic rings. The summed E-state index contributed by atoms with van der Waals surface area (Å²) in [7, 11) is 0. The summed E-state index contributed by atoms with van der Waals surface area (Å²) >= 11 is 11.9. The summed E-state index contributed by atoms with van der Waals surface area (Å²) in [5.74, 6) is -3.18. The molecule has 2 fully saturated rings. The van der Waals surface area contributed by atoms with Gasteiger partial charge in [0.25, 0.3) is 0 Å². The standard InChI is InChI=1S/C14H13Cl2F2NO2/c15-10-2-1-8(3-11(10)16)13-6-14(17,18)4-9(13)5-19(7-13)12(20)21/h1-3,9H,4-7H2,(H,20,21)/t9-,13+/m1/s1. The van der Waals surface area contributed by atoms with Gasteiger partial charge in [0.15, 0.2) is 0 Å². The summed E-state index contributed by atoms with van der Waals surface area (Å²) in [6.07, 6.45) is -1.73. The Morgan fingerprint density at radius 1 is 1.33 bits per heavy atom. The first-order valence-electron chi connectivity index (χ1n) is 6.55. The van der Waals surface area contributed by atoms with Gasteiger partial charge in [-0.25, -0.2) is 13.6 Å². The zero-order valence-electron chi connectivity index (χ0n) is 11.0. The summed E-state index contributed by atoms with van der Waals surface area (Å²) in [5, 5.41) is 9.80. The Balaban J connectivity index is 2.05. The van der Waals surface area contributed by atoms with Crippen molar-refractivity contribution in [3.8, 4) is 0 Å². The summed E-state index contributed by atoms with van der Waals surface area (Å²) < 4.78 is 27.8. The van der Waals surface area contributed by atoms with Crippen molar-refractivity contribution in [1.82, 2.24) is 4.90 Å². The summed E-state index contributed by atoms with van der Waals surface area (Å²) in [6, 6.07) is 4.84. The average molecular weight is 336 g/mol. The maximum atomic E-state index is 13.9. The molecule has 0 aromatic heterocycles. The summed E-state index contributed by atoms with van der Waals surface area (Å²) in [4.78, 5) is 12.4. The Kier molecular flexibility index (Phi) is 3.33. The van der Waals surface area contributed by atoms with Crippen LogP contribution < -0.4 is 0 Å². The topological polar surface area (TPSA) is 40.5 Å². The predicted molar refractivity (Wildman–Crippen MR) is 75.4 cm³/mol. The second kappa shape index (κ2) is 4.71. The molecule has 0 unspecified atom stereocenters. The fourth-order valence-electron chi connectivity index (χ4n) is 3.71. The predicted octanol–water partition coefficient (Wildman–Crippen LogP) is 4.27. The van der Waals surface area contributed by atoms with Gasteiger partial charge in [-0.2, -0.15) is 0 Å². The van der Waals surface area contributed by atoms with E-state index in [4.69, 9.17) is 28.3 Å². The van der Waals surface area contributed by atoms with Gasteiger partial charge in [0.05, 0.1) is 10.0 Å². The fraction of sp³-hybridized carbons (Fsp3) is 0.500. The maximum Gasteiger partial charge on any atom is 0.407 e. The molecule has 0 spiro atoms. The molecule has 3 rings (SSSR count). The Labute approximate surface area is 130 Å². The zero-order valence-corrected chi connectivity index (χ0v) is 12.5. The molecule has 1 aliphatic carbocycles. The normalized spacial score (nSPS) is 30.5. The highest BCUT2D eigenvalue weighted by atomic mass is 35.5. The Bertz CT molecular complexity index is 611. The molecule has 1 aliphatic heterocycles. The van der Waals surface area contributed by atoms with Crippen LogP contribution in [0.5, 0.6) is 0 Å². The number of likely N-dealkylation sites (tertiary alicyclic amines) is 1. The van der Waals surface area contributed by atoms with Gasteiger partial charge in [-0.05, 0) is 23.6 Å². The van der Waals surface area contributed by atoms with E-state index < -0.39 is 23.3 Å². The van der Waals surface area contributed by atoms with Crippen LogP contribution in [0.3, 0.4) is 0 Å². The summed E-state index contributed by atoms with van der Waals surface area (Å²) in [5.41, 5.74) is -0.237. The lowest BCUT2D eigenvalue weighted by Crippen LogP contribution is -2.35. The van der Waals surface area contributed by atoms with E-state index in [2.05, 4.69) is 0 Å². The van der Waals surface area contributed by atoms with Gasteiger partial charge in [-0.3, -0.25) is 0 Å². The van der Waals surface area contributed by atoms with Crippen LogP contribution in [0.25, 0.3) is 0 Å². The first-order valence-corrected chi connectivity index (χ1v) is 7.30. The van der Waals surface area contributed by atoms with Gasteiger partial charge in [-0.15, -0.1) is 0 Å². The van der Waals surface area contributed by atoms with E-state index in [0.717, 1.165) is 0 Å². The third-order valence-corrected chi connectivity index (χ3v) is 5.32. The SMILES string of the molecule is O=C(O)N1C[C@H]2CC(F)(F)C[C@@]2(c2ccc(Cl)c(Cl)c2)C1. The van der Waals surface area contributed by atoms with Gasteiger partial charge in [-0.1, -0.05) is 29.3 Å². The van der Waals surface area contributed by atoms with Crippen molar-refractivity contribution in [2.75, 3.05) is 13.1 Å². The number of nitrogens with zero attached hydrogens (tertiary/aromatic N) is 1. The largest absolute Gasteiger partial charge is 0.465 e. The molecule has 1 amide bonds. The fourth-order valence-corrected chi connectivity index (χ4v) is 4.01. The molecule has 2 atom stereocenters. The third kappa shape index (κ3) is 2.36. The molecule has 0 bridgehead atoms. The molecule has 1 heterocycles. The van der Waals surface area contributed by atoms with Crippen molar-refractivity contribution < 1.29 is 18.7 Å². The second-order valence-corrected chi connectivity index (χ2v) is 6.70. The van der Waals surface area contributed by atoms with Crippen LogP contribution in [-0.2, 0) is 5.41 Å². The van der Waals surface area contributed by atoms with Crippen molar-refractivity contribution in [3.05, 3.63) is 33.8 Å². The van der Waals surface area contributed by atoms with Gasteiger partial charge >= 0.3 is 6.09 Å².